The van der Waals surface area contributed by atoms with Crippen molar-refractivity contribution in [2.24, 2.45) is 0 Å². The Morgan fingerprint density at radius 2 is 1.94 bits per heavy atom. The van der Waals surface area contributed by atoms with Gasteiger partial charge in [-0.25, -0.2) is 4.98 Å². The van der Waals surface area contributed by atoms with Gasteiger partial charge in [-0.2, -0.15) is 0 Å². The molecule has 3 rings (SSSR count). The van der Waals surface area contributed by atoms with E-state index in [1.54, 1.807) is 29.5 Å². The maximum atomic E-state index is 12.3. The Balaban J connectivity index is 1.56. The summed E-state index contributed by atoms with van der Waals surface area (Å²) in [4.78, 5) is 41.4. The molecule has 0 radical (unpaired) electrons. The highest BCUT2D eigenvalue weighted by Crippen LogP contribution is 2.34. The second kappa shape index (κ2) is 10.1. The van der Waals surface area contributed by atoms with Gasteiger partial charge >= 0.3 is 0 Å². The van der Waals surface area contributed by atoms with Crippen molar-refractivity contribution >= 4 is 51.0 Å². The minimum atomic E-state index is -0.464. The standard InChI is InChI=1S/C20H21N5O4S2/c1-12-19(17-8-7-14(31-17)11-22-13(2)26)24-20(30-12)23-18(27)9-10-21-15-5-3-4-6-16(15)25(28)29/h3-8,21H,9-11H2,1-2H3,(H,22,26)(H,23,24,27). The molecular weight excluding hydrogens is 438 g/mol. The number of nitrogens with zero attached hydrogens (tertiary/aromatic N) is 2. The molecule has 2 heterocycles. The molecule has 0 unspecified atom stereocenters. The van der Waals surface area contributed by atoms with E-state index in [4.69, 9.17) is 0 Å². The second-order valence-electron chi connectivity index (χ2n) is 6.60. The van der Waals surface area contributed by atoms with E-state index in [9.17, 15) is 19.7 Å². The number of thiazole rings is 1. The molecule has 2 amide bonds. The van der Waals surface area contributed by atoms with Gasteiger partial charge in [-0.1, -0.05) is 12.1 Å². The smallest absolute Gasteiger partial charge is 0.292 e. The third kappa shape index (κ3) is 6.09. The van der Waals surface area contributed by atoms with Crippen LogP contribution in [-0.4, -0.2) is 28.3 Å². The molecule has 0 atom stereocenters. The average molecular weight is 460 g/mol. The van der Waals surface area contributed by atoms with Gasteiger partial charge < -0.3 is 16.0 Å². The van der Waals surface area contributed by atoms with Crippen LogP contribution in [0.2, 0.25) is 0 Å². The summed E-state index contributed by atoms with van der Waals surface area (Å²) in [7, 11) is 0. The molecule has 2 aromatic heterocycles. The summed E-state index contributed by atoms with van der Waals surface area (Å²) in [6, 6.07) is 10.2. The van der Waals surface area contributed by atoms with Crippen LogP contribution in [-0.2, 0) is 16.1 Å². The highest BCUT2D eigenvalue weighted by Gasteiger charge is 2.15. The van der Waals surface area contributed by atoms with E-state index < -0.39 is 4.92 Å². The largest absolute Gasteiger partial charge is 0.379 e. The SMILES string of the molecule is CC(=O)NCc1ccc(-c2nc(NC(=O)CCNc3ccccc3[N+](=O)[O-])sc2C)s1. The minimum absolute atomic E-state index is 0.0306. The number of anilines is 2. The Kier molecular flexibility index (Phi) is 7.32. The van der Waals surface area contributed by atoms with Crippen LogP contribution in [0.4, 0.5) is 16.5 Å². The van der Waals surface area contributed by atoms with Crippen LogP contribution >= 0.6 is 22.7 Å². The summed E-state index contributed by atoms with van der Waals surface area (Å²) in [6.07, 6.45) is 0.139. The highest BCUT2D eigenvalue weighted by atomic mass is 32.1. The summed E-state index contributed by atoms with van der Waals surface area (Å²) < 4.78 is 0. The zero-order valence-corrected chi connectivity index (χ0v) is 18.6. The number of benzene rings is 1. The van der Waals surface area contributed by atoms with Gasteiger partial charge in [0.2, 0.25) is 11.8 Å². The Morgan fingerprint density at radius 1 is 1.16 bits per heavy atom. The fraction of sp³-hybridized carbons (Fsp3) is 0.250. The normalized spacial score (nSPS) is 10.5. The Hall–Kier alpha value is -3.31. The lowest BCUT2D eigenvalue weighted by Crippen LogP contribution is -2.17. The van der Waals surface area contributed by atoms with E-state index >= 15 is 0 Å². The first-order valence-electron chi connectivity index (χ1n) is 9.41. The van der Waals surface area contributed by atoms with Crippen LogP contribution in [0.5, 0.6) is 0 Å². The number of rotatable bonds is 9. The first-order chi connectivity index (χ1) is 14.8. The molecule has 0 aliphatic rings. The van der Waals surface area contributed by atoms with Gasteiger partial charge in [0.1, 0.15) is 5.69 Å². The quantitative estimate of drug-likeness (QED) is 0.326. The second-order valence-corrected chi connectivity index (χ2v) is 8.97. The van der Waals surface area contributed by atoms with Crippen molar-refractivity contribution in [3.63, 3.8) is 0 Å². The van der Waals surface area contributed by atoms with Crippen LogP contribution in [0, 0.1) is 17.0 Å². The molecule has 31 heavy (non-hydrogen) atoms. The van der Waals surface area contributed by atoms with Gasteiger partial charge in [0, 0.05) is 35.7 Å². The number of carbonyl (C=O) groups excluding carboxylic acids is 2. The molecule has 0 saturated heterocycles. The first kappa shape index (κ1) is 22.4. The van der Waals surface area contributed by atoms with Crippen LogP contribution in [0.1, 0.15) is 23.1 Å². The molecule has 9 nitrogen and oxygen atoms in total. The molecule has 3 N–H and O–H groups in total. The average Bonchev–Trinajstić information content (AvgIpc) is 3.32. The summed E-state index contributed by atoms with van der Waals surface area (Å²) in [5.41, 5.74) is 1.15. The molecule has 0 aliphatic heterocycles. The number of thiophene rings is 1. The summed E-state index contributed by atoms with van der Waals surface area (Å²) in [5.74, 6) is -0.315. The van der Waals surface area contributed by atoms with Crippen molar-refractivity contribution in [1.82, 2.24) is 10.3 Å². The molecule has 162 valence electrons. The fourth-order valence-corrected chi connectivity index (χ4v) is 4.67. The number of hydrogen-bond donors (Lipinski definition) is 3. The number of aromatic nitrogens is 1. The van der Waals surface area contributed by atoms with Crippen molar-refractivity contribution in [3.8, 4) is 10.6 Å². The number of para-hydroxylation sites is 2. The molecule has 0 spiro atoms. The van der Waals surface area contributed by atoms with Gasteiger partial charge in [-0.15, -0.1) is 22.7 Å². The van der Waals surface area contributed by atoms with Crippen molar-refractivity contribution in [2.75, 3.05) is 17.2 Å². The fourth-order valence-electron chi connectivity index (χ4n) is 2.77. The third-order valence-corrected chi connectivity index (χ3v) is 6.20. The van der Waals surface area contributed by atoms with E-state index in [2.05, 4.69) is 20.9 Å². The molecule has 0 saturated carbocycles. The number of hydrogen-bond acceptors (Lipinski definition) is 8. The Labute approximate surface area is 186 Å². The van der Waals surface area contributed by atoms with Crippen LogP contribution < -0.4 is 16.0 Å². The predicted molar refractivity (Wildman–Crippen MR) is 123 cm³/mol. The van der Waals surface area contributed by atoms with E-state index in [1.807, 2.05) is 19.1 Å². The summed E-state index contributed by atoms with van der Waals surface area (Å²) in [6.45, 7) is 4.14. The lowest BCUT2D eigenvalue weighted by molar-refractivity contribution is -0.384. The molecule has 0 fully saturated rings. The van der Waals surface area contributed by atoms with Crippen LogP contribution in [0.15, 0.2) is 36.4 Å². The van der Waals surface area contributed by atoms with Crippen molar-refractivity contribution in [2.45, 2.75) is 26.8 Å². The molecule has 1 aromatic carbocycles. The number of carbonyl (C=O) groups is 2. The van der Waals surface area contributed by atoms with E-state index in [0.717, 1.165) is 20.3 Å². The Bertz CT molecular complexity index is 1110. The first-order valence-corrected chi connectivity index (χ1v) is 11.0. The van der Waals surface area contributed by atoms with Gasteiger partial charge in [0.25, 0.3) is 5.69 Å². The third-order valence-electron chi connectivity index (χ3n) is 4.22. The van der Waals surface area contributed by atoms with Crippen molar-refractivity contribution in [3.05, 3.63) is 56.3 Å². The molecule has 0 aliphatic carbocycles. The summed E-state index contributed by atoms with van der Waals surface area (Å²) in [5, 5.41) is 20.0. The lowest BCUT2D eigenvalue weighted by Gasteiger charge is -2.06. The maximum Gasteiger partial charge on any atom is 0.292 e. The van der Waals surface area contributed by atoms with Crippen LogP contribution in [0.3, 0.4) is 0 Å². The van der Waals surface area contributed by atoms with Crippen molar-refractivity contribution < 1.29 is 14.5 Å². The number of amides is 2. The number of nitrogens with one attached hydrogen (secondary N) is 3. The number of aryl methyl sites for hydroxylation is 1. The number of nitro groups is 1. The zero-order valence-electron chi connectivity index (χ0n) is 16.9. The number of nitro benzene ring substituents is 1. The van der Waals surface area contributed by atoms with Gasteiger partial charge in [-0.3, -0.25) is 19.7 Å². The monoisotopic (exact) mass is 459 g/mol. The topological polar surface area (TPSA) is 126 Å². The molecule has 3 aromatic rings. The van der Waals surface area contributed by atoms with Gasteiger partial charge in [0.15, 0.2) is 5.13 Å². The zero-order chi connectivity index (χ0) is 22.4. The van der Waals surface area contributed by atoms with Crippen LogP contribution in [0.25, 0.3) is 10.6 Å². The Morgan fingerprint density at radius 3 is 2.68 bits per heavy atom. The van der Waals surface area contributed by atoms with E-state index in [0.29, 0.717) is 17.4 Å². The minimum Gasteiger partial charge on any atom is -0.379 e. The maximum absolute atomic E-state index is 12.3. The molecular formula is C20H21N5O4S2. The lowest BCUT2D eigenvalue weighted by atomic mass is 10.2. The summed E-state index contributed by atoms with van der Waals surface area (Å²) >= 11 is 2.93. The van der Waals surface area contributed by atoms with E-state index in [-0.39, 0.29) is 30.5 Å². The molecule has 11 heteroatoms. The van der Waals surface area contributed by atoms with Crippen molar-refractivity contribution in [1.29, 1.82) is 0 Å². The highest BCUT2D eigenvalue weighted by molar-refractivity contribution is 7.18. The van der Waals surface area contributed by atoms with Gasteiger partial charge in [-0.05, 0) is 25.1 Å². The van der Waals surface area contributed by atoms with Gasteiger partial charge in [0.05, 0.1) is 22.0 Å². The van der Waals surface area contributed by atoms with E-state index in [1.165, 1.54) is 24.3 Å². The molecule has 0 bridgehead atoms. The predicted octanol–water partition coefficient (Wildman–Crippen LogP) is 4.17.